The van der Waals surface area contributed by atoms with Gasteiger partial charge in [0.05, 0.1) is 19.5 Å². The number of benzene rings is 2. The van der Waals surface area contributed by atoms with Crippen molar-refractivity contribution in [1.82, 2.24) is 0 Å². The summed E-state index contributed by atoms with van der Waals surface area (Å²) in [5.74, 6) is 1.67. The number of para-hydroxylation sites is 1. The predicted molar refractivity (Wildman–Crippen MR) is 109 cm³/mol. The van der Waals surface area contributed by atoms with Gasteiger partial charge in [-0.3, -0.25) is 4.79 Å². The molecule has 2 aromatic rings. The highest BCUT2D eigenvalue weighted by Crippen LogP contribution is 2.34. The molecule has 0 aromatic heterocycles. The number of hydrogen-bond acceptors (Lipinski definition) is 4. The summed E-state index contributed by atoms with van der Waals surface area (Å²) in [6, 6.07) is 11.8. The van der Waals surface area contributed by atoms with Gasteiger partial charge in [-0.15, -0.1) is 11.8 Å². The molecule has 1 N–H and O–H groups in total. The zero-order chi connectivity index (χ0) is 19.3. The minimum Gasteiger partial charge on any atom is -0.493 e. The Morgan fingerprint density at radius 3 is 2.35 bits per heavy atom. The van der Waals surface area contributed by atoms with Crippen molar-refractivity contribution in [3.63, 3.8) is 0 Å². The molecule has 0 spiro atoms. The Labute approximate surface area is 160 Å². The molecule has 1 atom stereocenters. The Kier molecular flexibility index (Phi) is 6.98. The number of methoxy groups -OCH3 is 2. The Morgan fingerprint density at radius 2 is 1.73 bits per heavy atom. The highest BCUT2D eigenvalue weighted by Gasteiger charge is 2.18. The third kappa shape index (κ3) is 4.73. The molecule has 2 aromatic carbocycles. The van der Waals surface area contributed by atoms with Crippen molar-refractivity contribution in [3.8, 4) is 11.5 Å². The minimum atomic E-state index is -0.243. The van der Waals surface area contributed by atoms with E-state index in [0.717, 1.165) is 21.7 Å². The first kappa shape index (κ1) is 20.2. The summed E-state index contributed by atoms with van der Waals surface area (Å²) in [5.41, 5.74) is 3.15. The van der Waals surface area contributed by atoms with Gasteiger partial charge in [0.1, 0.15) is 0 Å². The van der Waals surface area contributed by atoms with Crippen LogP contribution in [-0.2, 0) is 4.79 Å². The first-order chi connectivity index (χ1) is 12.4. The molecule has 0 aliphatic heterocycles. The number of aryl methyl sites for hydroxylation is 1. The lowest BCUT2D eigenvalue weighted by Crippen LogP contribution is -2.23. The fourth-order valence-corrected chi connectivity index (χ4v) is 3.61. The van der Waals surface area contributed by atoms with Gasteiger partial charge in [0.15, 0.2) is 11.5 Å². The number of carbonyl (C=O) groups excluding carboxylic acids is 1. The maximum Gasteiger partial charge on any atom is 0.237 e. The lowest BCUT2D eigenvalue weighted by molar-refractivity contribution is -0.115. The predicted octanol–water partition coefficient (Wildman–Crippen LogP) is 5.25. The van der Waals surface area contributed by atoms with E-state index in [-0.39, 0.29) is 11.2 Å². The SMILES string of the molecule is COc1ccc(S[C@H](C)C(=O)Nc2c(C)cccc2C(C)C)cc1OC. The molecule has 0 unspecified atom stereocenters. The number of nitrogens with one attached hydrogen (secondary N) is 1. The van der Waals surface area contributed by atoms with Crippen LogP contribution in [0, 0.1) is 6.92 Å². The molecule has 0 radical (unpaired) electrons. The Hall–Kier alpha value is -2.14. The van der Waals surface area contributed by atoms with E-state index in [1.165, 1.54) is 11.8 Å². The number of carbonyl (C=O) groups is 1. The largest absolute Gasteiger partial charge is 0.493 e. The molecule has 4 nitrogen and oxygen atoms in total. The highest BCUT2D eigenvalue weighted by molar-refractivity contribution is 8.00. The number of amides is 1. The van der Waals surface area contributed by atoms with Gasteiger partial charge in [0, 0.05) is 10.6 Å². The second-order valence-corrected chi connectivity index (χ2v) is 7.87. The van der Waals surface area contributed by atoms with E-state index in [1.807, 2.05) is 44.2 Å². The quantitative estimate of drug-likeness (QED) is 0.673. The molecular weight excluding hydrogens is 346 g/mol. The summed E-state index contributed by atoms with van der Waals surface area (Å²) >= 11 is 1.49. The van der Waals surface area contributed by atoms with Gasteiger partial charge in [-0.2, -0.15) is 0 Å². The second-order valence-electron chi connectivity index (χ2n) is 6.46. The van der Waals surface area contributed by atoms with Gasteiger partial charge < -0.3 is 14.8 Å². The van der Waals surface area contributed by atoms with E-state index >= 15 is 0 Å². The summed E-state index contributed by atoms with van der Waals surface area (Å²) in [5, 5.41) is 2.87. The van der Waals surface area contributed by atoms with E-state index in [0.29, 0.717) is 17.4 Å². The number of anilines is 1. The summed E-state index contributed by atoms with van der Waals surface area (Å²) in [7, 11) is 3.21. The lowest BCUT2D eigenvalue weighted by Gasteiger charge is -2.19. The lowest BCUT2D eigenvalue weighted by atomic mass is 9.98. The van der Waals surface area contributed by atoms with E-state index in [9.17, 15) is 4.79 Å². The fourth-order valence-electron chi connectivity index (χ4n) is 2.71. The maximum atomic E-state index is 12.7. The van der Waals surface area contributed by atoms with Crippen LogP contribution in [-0.4, -0.2) is 25.4 Å². The topological polar surface area (TPSA) is 47.6 Å². The van der Waals surface area contributed by atoms with Crippen LogP contribution in [0.3, 0.4) is 0 Å². The monoisotopic (exact) mass is 373 g/mol. The van der Waals surface area contributed by atoms with E-state index in [4.69, 9.17) is 9.47 Å². The molecule has 0 bridgehead atoms. The van der Waals surface area contributed by atoms with Crippen LogP contribution in [0.4, 0.5) is 5.69 Å². The van der Waals surface area contributed by atoms with Crippen LogP contribution in [0.25, 0.3) is 0 Å². The molecule has 0 saturated heterocycles. The second kappa shape index (κ2) is 8.99. The fraction of sp³-hybridized carbons (Fsp3) is 0.381. The molecule has 140 valence electrons. The normalized spacial score (nSPS) is 12.0. The molecule has 0 saturated carbocycles. The van der Waals surface area contributed by atoms with Crippen molar-refractivity contribution in [2.45, 2.75) is 43.8 Å². The van der Waals surface area contributed by atoms with Crippen LogP contribution in [0.15, 0.2) is 41.3 Å². The van der Waals surface area contributed by atoms with Crippen molar-refractivity contribution in [3.05, 3.63) is 47.5 Å². The molecule has 0 fully saturated rings. The summed E-state index contributed by atoms with van der Waals surface area (Å²) in [6.45, 7) is 8.19. The van der Waals surface area contributed by atoms with Gasteiger partial charge in [-0.1, -0.05) is 32.0 Å². The summed E-state index contributed by atoms with van der Waals surface area (Å²) in [6.07, 6.45) is 0. The van der Waals surface area contributed by atoms with E-state index in [1.54, 1.807) is 14.2 Å². The molecular formula is C21H27NO3S. The number of thioether (sulfide) groups is 1. The van der Waals surface area contributed by atoms with Gasteiger partial charge in [-0.05, 0) is 49.1 Å². The molecule has 2 rings (SSSR count). The van der Waals surface area contributed by atoms with E-state index < -0.39 is 0 Å². The highest BCUT2D eigenvalue weighted by atomic mass is 32.2. The standard InChI is InChI=1S/C21H27NO3S/c1-13(2)17-9-7-8-14(3)20(17)22-21(23)15(4)26-16-10-11-18(24-5)19(12-16)25-6/h7-13,15H,1-6H3,(H,22,23)/t15-/m1/s1. The van der Waals surface area contributed by atoms with Crippen molar-refractivity contribution in [1.29, 1.82) is 0 Å². The van der Waals surface area contributed by atoms with Crippen LogP contribution in [0.2, 0.25) is 0 Å². The number of rotatable bonds is 7. The summed E-state index contributed by atoms with van der Waals surface area (Å²) in [4.78, 5) is 13.7. The zero-order valence-electron chi connectivity index (χ0n) is 16.3. The molecule has 0 heterocycles. The van der Waals surface area contributed by atoms with Crippen LogP contribution in [0.5, 0.6) is 11.5 Å². The molecule has 26 heavy (non-hydrogen) atoms. The first-order valence-electron chi connectivity index (χ1n) is 8.66. The maximum absolute atomic E-state index is 12.7. The van der Waals surface area contributed by atoms with Crippen molar-refractivity contribution in [2.24, 2.45) is 0 Å². The average Bonchev–Trinajstić information content (AvgIpc) is 2.62. The van der Waals surface area contributed by atoms with Crippen molar-refractivity contribution in [2.75, 3.05) is 19.5 Å². The minimum absolute atomic E-state index is 0.0130. The zero-order valence-corrected chi connectivity index (χ0v) is 17.1. The van der Waals surface area contributed by atoms with Crippen molar-refractivity contribution < 1.29 is 14.3 Å². The molecule has 0 aliphatic carbocycles. The summed E-state index contributed by atoms with van der Waals surface area (Å²) < 4.78 is 10.6. The van der Waals surface area contributed by atoms with E-state index in [2.05, 4.69) is 25.2 Å². The van der Waals surface area contributed by atoms with Crippen LogP contribution in [0.1, 0.15) is 37.8 Å². The van der Waals surface area contributed by atoms with Gasteiger partial charge in [-0.25, -0.2) is 0 Å². The number of ether oxygens (including phenoxy) is 2. The Morgan fingerprint density at radius 1 is 1.04 bits per heavy atom. The van der Waals surface area contributed by atoms with Crippen molar-refractivity contribution >= 4 is 23.4 Å². The third-order valence-corrected chi connectivity index (χ3v) is 5.31. The van der Waals surface area contributed by atoms with Gasteiger partial charge in [0.25, 0.3) is 0 Å². The van der Waals surface area contributed by atoms with Crippen LogP contribution < -0.4 is 14.8 Å². The smallest absolute Gasteiger partial charge is 0.237 e. The third-order valence-electron chi connectivity index (χ3n) is 4.21. The van der Waals surface area contributed by atoms with Gasteiger partial charge >= 0.3 is 0 Å². The molecule has 1 amide bonds. The van der Waals surface area contributed by atoms with Gasteiger partial charge in [0.2, 0.25) is 5.91 Å². The first-order valence-corrected chi connectivity index (χ1v) is 9.54. The molecule has 5 heteroatoms. The average molecular weight is 374 g/mol. The van der Waals surface area contributed by atoms with Crippen LogP contribution >= 0.6 is 11.8 Å². The Bertz CT molecular complexity index is 774. The number of hydrogen-bond donors (Lipinski definition) is 1. The molecule has 0 aliphatic rings. The Balaban J connectivity index is 2.14.